The zero-order chi connectivity index (χ0) is 18.8. The minimum absolute atomic E-state index is 0.0939. The predicted octanol–water partition coefficient (Wildman–Crippen LogP) is -0.186. The van der Waals surface area contributed by atoms with Crippen molar-refractivity contribution < 1.29 is 22.7 Å². The van der Waals surface area contributed by atoms with Crippen LogP contribution in [0.4, 0.5) is 4.79 Å². The number of nitrogens with one attached hydrogen (secondary N) is 3. The number of carbonyl (C=O) groups excluding carboxylic acids is 2. The molecule has 1 aromatic rings. The largest absolute Gasteiger partial charge is 0.476 e. The second-order valence-electron chi connectivity index (χ2n) is 6.62. The van der Waals surface area contributed by atoms with E-state index in [1.165, 1.54) is 11.6 Å². The molecule has 0 aromatic carbocycles. The molecule has 10 nitrogen and oxygen atoms in total. The number of carbonyl (C=O) groups is 2. The highest BCUT2D eigenvalue weighted by Gasteiger charge is 2.34. The van der Waals surface area contributed by atoms with Crippen LogP contribution in [-0.4, -0.2) is 49.3 Å². The van der Waals surface area contributed by atoms with E-state index in [0.29, 0.717) is 19.7 Å². The lowest BCUT2D eigenvalue weighted by Gasteiger charge is -2.30. The molecule has 1 unspecified atom stereocenters. The molecule has 0 fully saturated rings. The van der Waals surface area contributed by atoms with Crippen LogP contribution >= 0.6 is 0 Å². The Morgan fingerprint density at radius 1 is 1.44 bits per heavy atom. The maximum atomic E-state index is 12.4. The van der Waals surface area contributed by atoms with Crippen molar-refractivity contribution >= 4 is 22.0 Å². The van der Waals surface area contributed by atoms with Gasteiger partial charge in [-0.25, -0.2) is 22.6 Å². The summed E-state index contributed by atoms with van der Waals surface area (Å²) < 4.78 is 33.6. The molecule has 2 rings (SSSR count). The predicted molar refractivity (Wildman–Crippen MR) is 88.5 cm³/mol. The van der Waals surface area contributed by atoms with E-state index in [-0.39, 0.29) is 16.2 Å². The Balaban J connectivity index is 2.09. The first-order valence-electron chi connectivity index (χ1n) is 7.85. The lowest BCUT2D eigenvalue weighted by atomic mass is 9.94. The molecule has 1 aromatic heterocycles. The number of aromatic nitrogens is 2. The minimum atomic E-state index is -4.18. The fraction of sp³-hybridized carbons (Fsp3) is 0.643. The van der Waals surface area contributed by atoms with E-state index in [4.69, 9.17) is 4.74 Å². The Labute approximate surface area is 146 Å². The zero-order valence-corrected chi connectivity index (χ0v) is 15.4. The van der Waals surface area contributed by atoms with E-state index in [1.54, 1.807) is 6.92 Å². The third-order valence-corrected chi connectivity index (χ3v) is 4.86. The molecule has 11 heteroatoms. The quantitative estimate of drug-likeness (QED) is 0.656. The van der Waals surface area contributed by atoms with Crippen LogP contribution in [0.2, 0.25) is 0 Å². The van der Waals surface area contributed by atoms with Gasteiger partial charge in [0, 0.05) is 12.0 Å². The molecule has 25 heavy (non-hydrogen) atoms. The van der Waals surface area contributed by atoms with Gasteiger partial charge in [0.15, 0.2) is 4.90 Å². The Kier molecular flexibility index (Phi) is 5.26. The second kappa shape index (κ2) is 6.90. The number of rotatable bonds is 5. The molecule has 0 saturated carbocycles. The molecular formula is C14H23N5O5S. The lowest BCUT2D eigenvalue weighted by molar-refractivity contribution is -0.122. The first kappa shape index (κ1) is 19.0. The summed E-state index contributed by atoms with van der Waals surface area (Å²) in [4.78, 5) is 23.3. The standard InChI is InChI=1S/C14H23N5O5S/c1-5-15-11(20)9(2)17-13(21)18-25(22,23)10-6-16-19-7-14(3,4)8-24-12(10)19/h6,9H,5,7-8H2,1-4H3,(H,15,20)(H2,17,18,21). The molecule has 0 spiro atoms. The van der Waals surface area contributed by atoms with E-state index < -0.39 is 28.0 Å². The van der Waals surface area contributed by atoms with E-state index in [2.05, 4.69) is 15.7 Å². The number of amides is 3. The van der Waals surface area contributed by atoms with Crippen LogP contribution in [0.25, 0.3) is 0 Å². The van der Waals surface area contributed by atoms with Crippen LogP contribution in [0.3, 0.4) is 0 Å². The number of ether oxygens (including phenoxy) is 1. The number of hydrogen-bond donors (Lipinski definition) is 3. The first-order valence-corrected chi connectivity index (χ1v) is 9.33. The van der Waals surface area contributed by atoms with Gasteiger partial charge >= 0.3 is 6.03 Å². The van der Waals surface area contributed by atoms with Gasteiger partial charge in [0.05, 0.1) is 19.3 Å². The topological polar surface area (TPSA) is 131 Å². The van der Waals surface area contributed by atoms with E-state index in [1.807, 2.05) is 18.6 Å². The van der Waals surface area contributed by atoms with Crippen molar-refractivity contribution in [2.45, 2.75) is 45.2 Å². The van der Waals surface area contributed by atoms with Gasteiger partial charge in [-0.05, 0) is 13.8 Å². The summed E-state index contributed by atoms with van der Waals surface area (Å²) in [6.45, 7) is 8.37. The third-order valence-electron chi connectivity index (χ3n) is 3.55. The zero-order valence-electron chi connectivity index (χ0n) is 14.6. The maximum absolute atomic E-state index is 12.4. The van der Waals surface area contributed by atoms with E-state index in [9.17, 15) is 18.0 Å². The summed E-state index contributed by atoms with van der Waals surface area (Å²) in [7, 11) is -4.18. The van der Waals surface area contributed by atoms with Crippen molar-refractivity contribution in [2.24, 2.45) is 5.41 Å². The molecule has 140 valence electrons. The van der Waals surface area contributed by atoms with Crippen LogP contribution < -0.4 is 20.1 Å². The Hall–Kier alpha value is -2.30. The average Bonchev–Trinajstić information content (AvgIpc) is 2.88. The number of nitrogens with zero attached hydrogens (tertiary/aromatic N) is 2. The van der Waals surface area contributed by atoms with Crippen molar-refractivity contribution in [3.8, 4) is 5.88 Å². The van der Waals surface area contributed by atoms with Gasteiger partial charge < -0.3 is 15.4 Å². The number of sulfonamides is 1. The number of urea groups is 1. The Morgan fingerprint density at radius 2 is 2.12 bits per heavy atom. The highest BCUT2D eigenvalue weighted by Crippen LogP contribution is 2.32. The molecular weight excluding hydrogens is 350 g/mol. The van der Waals surface area contributed by atoms with Crippen LogP contribution in [0.15, 0.2) is 11.1 Å². The first-order chi connectivity index (χ1) is 11.6. The number of likely N-dealkylation sites (N-methyl/N-ethyl adjacent to an activating group) is 1. The molecule has 1 atom stereocenters. The van der Waals surface area contributed by atoms with Crippen LogP contribution in [0.5, 0.6) is 5.88 Å². The van der Waals surface area contributed by atoms with Crippen molar-refractivity contribution in [1.82, 2.24) is 25.1 Å². The molecule has 1 aliphatic heterocycles. The fourth-order valence-electron chi connectivity index (χ4n) is 2.31. The summed E-state index contributed by atoms with van der Waals surface area (Å²) >= 11 is 0. The Morgan fingerprint density at radius 3 is 2.76 bits per heavy atom. The van der Waals surface area contributed by atoms with Gasteiger partial charge in [-0.15, -0.1) is 0 Å². The summed E-state index contributed by atoms with van der Waals surface area (Å²) in [6.07, 6.45) is 1.14. The van der Waals surface area contributed by atoms with Crippen LogP contribution in [0.1, 0.15) is 27.7 Å². The van der Waals surface area contributed by atoms with Crippen molar-refractivity contribution in [3.05, 3.63) is 6.20 Å². The van der Waals surface area contributed by atoms with Crippen LogP contribution in [0, 0.1) is 5.41 Å². The molecule has 1 aliphatic rings. The molecule has 2 heterocycles. The van der Waals surface area contributed by atoms with Crippen molar-refractivity contribution in [3.63, 3.8) is 0 Å². The fourth-order valence-corrected chi connectivity index (χ4v) is 3.30. The van der Waals surface area contributed by atoms with Gasteiger partial charge in [0.2, 0.25) is 11.8 Å². The second-order valence-corrected chi connectivity index (χ2v) is 8.27. The summed E-state index contributed by atoms with van der Waals surface area (Å²) in [5, 5.41) is 8.81. The van der Waals surface area contributed by atoms with Crippen LogP contribution in [-0.2, 0) is 21.4 Å². The average molecular weight is 373 g/mol. The normalized spacial score (nSPS) is 17.0. The molecule has 0 bridgehead atoms. The molecule has 0 radical (unpaired) electrons. The summed E-state index contributed by atoms with van der Waals surface area (Å²) in [5.41, 5.74) is -0.174. The van der Waals surface area contributed by atoms with Gasteiger partial charge in [-0.1, -0.05) is 13.8 Å². The van der Waals surface area contributed by atoms with E-state index in [0.717, 1.165) is 6.20 Å². The molecule has 3 N–H and O–H groups in total. The van der Waals surface area contributed by atoms with Crippen molar-refractivity contribution in [2.75, 3.05) is 13.2 Å². The Bertz CT molecular complexity index is 771. The maximum Gasteiger partial charge on any atom is 0.329 e. The lowest BCUT2D eigenvalue weighted by Crippen LogP contribution is -2.49. The monoisotopic (exact) mass is 373 g/mol. The van der Waals surface area contributed by atoms with Gasteiger partial charge in [0.25, 0.3) is 10.0 Å². The van der Waals surface area contributed by atoms with Gasteiger partial charge in [-0.3, -0.25) is 4.79 Å². The third kappa shape index (κ3) is 4.41. The van der Waals surface area contributed by atoms with E-state index >= 15 is 0 Å². The molecule has 0 aliphatic carbocycles. The highest BCUT2D eigenvalue weighted by atomic mass is 32.2. The smallest absolute Gasteiger partial charge is 0.329 e. The summed E-state index contributed by atoms with van der Waals surface area (Å²) in [6, 6.07) is -1.89. The number of fused-ring (bicyclic) bond motifs is 1. The highest BCUT2D eigenvalue weighted by molar-refractivity contribution is 7.90. The SMILES string of the molecule is CCNC(=O)C(C)NC(=O)NS(=O)(=O)c1cnn2c1OCC(C)(C)C2. The molecule has 0 saturated heterocycles. The summed E-state index contributed by atoms with van der Waals surface area (Å²) in [5.74, 6) is -0.320. The van der Waals surface area contributed by atoms with Gasteiger partial charge in [-0.2, -0.15) is 5.10 Å². The number of hydrogen-bond acceptors (Lipinski definition) is 6. The minimum Gasteiger partial charge on any atom is -0.476 e. The molecule has 3 amide bonds. The van der Waals surface area contributed by atoms with Gasteiger partial charge in [0.1, 0.15) is 6.04 Å². The van der Waals surface area contributed by atoms with Crippen molar-refractivity contribution in [1.29, 1.82) is 0 Å².